The van der Waals surface area contributed by atoms with E-state index in [0.29, 0.717) is 12.0 Å². The van der Waals surface area contributed by atoms with Crippen LogP contribution in [0.2, 0.25) is 0 Å². The summed E-state index contributed by atoms with van der Waals surface area (Å²) in [5, 5.41) is 0. The van der Waals surface area contributed by atoms with Crippen LogP contribution in [0.25, 0.3) is 0 Å². The van der Waals surface area contributed by atoms with Crippen molar-refractivity contribution in [3.63, 3.8) is 0 Å². The summed E-state index contributed by atoms with van der Waals surface area (Å²) in [4.78, 5) is 13.8. The minimum Gasteiger partial charge on any atom is -0.446 e. The average Bonchev–Trinajstić information content (AvgIpc) is 2.30. The Bertz CT molecular complexity index is 438. The van der Waals surface area contributed by atoms with E-state index in [1.165, 1.54) is 6.07 Å². The van der Waals surface area contributed by atoms with Gasteiger partial charge in [-0.25, -0.2) is 9.18 Å². The molecule has 1 rings (SSSR count). The van der Waals surface area contributed by atoms with Crippen LogP contribution in [0.1, 0.15) is 40.2 Å². The summed E-state index contributed by atoms with van der Waals surface area (Å²) in [6.45, 7) is 9.57. The first-order valence-corrected chi connectivity index (χ1v) is 7.05. The number of amides is 1. The largest absolute Gasteiger partial charge is 0.446 e. The second-order valence-corrected chi connectivity index (χ2v) is 5.58. The molecule has 112 valence electrons. The second-order valence-electron chi connectivity index (χ2n) is 5.58. The lowest BCUT2D eigenvalue weighted by atomic mass is 10.1. The number of hydrogen-bond acceptors (Lipinski definition) is 2. The van der Waals surface area contributed by atoms with Gasteiger partial charge in [0, 0.05) is 18.5 Å². The first kappa shape index (κ1) is 16.5. The molecule has 0 aliphatic rings. The Morgan fingerprint density at radius 1 is 1.15 bits per heavy atom. The summed E-state index contributed by atoms with van der Waals surface area (Å²) in [6.07, 6.45) is -0.333. The van der Waals surface area contributed by atoms with Crippen LogP contribution >= 0.6 is 0 Å². The van der Waals surface area contributed by atoms with E-state index in [0.717, 1.165) is 0 Å². The number of carbonyl (C=O) groups is 1. The molecule has 1 unspecified atom stereocenters. The molecule has 0 saturated carbocycles. The molecule has 4 heteroatoms. The van der Waals surface area contributed by atoms with Crippen LogP contribution in [0.4, 0.5) is 9.18 Å². The van der Waals surface area contributed by atoms with Gasteiger partial charge in [0.2, 0.25) is 0 Å². The molecule has 1 aromatic carbocycles. The first-order valence-electron chi connectivity index (χ1n) is 7.05. The predicted molar refractivity (Wildman–Crippen MR) is 78.2 cm³/mol. The Balaban J connectivity index is 2.64. The van der Waals surface area contributed by atoms with Crippen LogP contribution in [0.15, 0.2) is 24.3 Å². The van der Waals surface area contributed by atoms with Crippen LogP contribution in [0.3, 0.4) is 0 Å². The smallest absolute Gasteiger partial charge is 0.410 e. The molecule has 0 bridgehead atoms. The predicted octanol–water partition coefficient (Wildman–Crippen LogP) is 4.01. The van der Waals surface area contributed by atoms with Crippen LogP contribution in [-0.4, -0.2) is 29.2 Å². The van der Waals surface area contributed by atoms with Crippen molar-refractivity contribution in [2.75, 3.05) is 0 Å². The normalized spacial score (nSPS) is 12.6. The fraction of sp³-hybridized carbons (Fsp3) is 0.562. The number of nitrogens with zero attached hydrogens (tertiary/aromatic N) is 1. The molecule has 1 aromatic rings. The maximum atomic E-state index is 13.6. The number of halogens is 1. The van der Waals surface area contributed by atoms with E-state index >= 15 is 0 Å². The highest BCUT2D eigenvalue weighted by atomic mass is 19.1. The van der Waals surface area contributed by atoms with Crippen LogP contribution < -0.4 is 0 Å². The highest BCUT2D eigenvalue weighted by Crippen LogP contribution is 2.13. The molecule has 0 spiro atoms. The number of ether oxygens (including phenoxy) is 1. The van der Waals surface area contributed by atoms with Gasteiger partial charge in [0.15, 0.2) is 0 Å². The van der Waals surface area contributed by atoms with Crippen molar-refractivity contribution in [1.29, 1.82) is 0 Å². The zero-order valence-electron chi connectivity index (χ0n) is 12.9. The highest BCUT2D eigenvalue weighted by Gasteiger charge is 2.23. The van der Waals surface area contributed by atoms with E-state index < -0.39 is 0 Å². The fourth-order valence-corrected chi connectivity index (χ4v) is 2.27. The van der Waals surface area contributed by atoms with Crippen molar-refractivity contribution >= 4 is 6.09 Å². The van der Waals surface area contributed by atoms with Gasteiger partial charge in [-0.1, -0.05) is 18.2 Å². The molecule has 20 heavy (non-hydrogen) atoms. The van der Waals surface area contributed by atoms with Crippen LogP contribution in [-0.2, 0) is 11.2 Å². The van der Waals surface area contributed by atoms with Gasteiger partial charge in [-0.15, -0.1) is 0 Å². The number of rotatable bonds is 5. The molecule has 0 saturated heterocycles. The molecular weight excluding hydrogens is 257 g/mol. The van der Waals surface area contributed by atoms with Crippen molar-refractivity contribution in [2.45, 2.75) is 59.2 Å². The Kier molecular flexibility index (Phi) is 5.99. The summed E-state index contributed by atoms with van der Waals surface area (Å²) in [5.41, 5.74) is 0.563. The average molecular weight is 281 g/mol. The lowest BCUT2D eigenvalue weighted by Crippen LogP contribution is -2.43. The van der Waals surface area contributed by atoms with Crippen LogP contribution in [0.5, 0.6) is 0 Å². The third-order valence-electron chi connectivity index (χ3n) is 3.09. The van der Waals surface area contributed by atoms with E-state index in [4.69, 9.17) is 4.74 Å². The van der Waals surface area contributed by atoms with Crippen molar-refractivity contribution in [3.8, 4) is 0 Å². The molecule has 3 nitrogen and oxygen atoms in total. The molecule has 0 heterocycles. The maximum Gasteiger partial charge on any atom is 0.410 e. The van der Waals surface area contributed by atoms with Gasteiger partial charge in [0.1, 0.15) is 11.9 Å². The lowest BCUT2D eigenvalue weighted by molar-refractivity contribution is 0.0514. The van der Waals surface area contributed by atoms with Gasteiger partial charge in [-0.05, 0) is 46.2 Å². The maximum absolute atomic E-state index is 13.6. The summed E-state index contributed by atoms with van der Waals surface area (Å²) in [7, 11) is 0. The van der Waals surface area contributed by atoms with E-state index in [1.54, 1.807) is 30.0 Å². The van der Waals surface area contributed by atoms with Gasteiger partial charge in [0.05, 0.1) is 0 Å². The van der Waals surface area contributed by atoms with E-state index in [1.807, 2.05) is 27.7 Å². The molecule has 1 atom stereocenters. The topological polar surface area (TPSA) is 29.5 Å². The van der Waals surface area contributed by atoms with Gasteiger partial charge >= 0.3 is 6.09 Å². The third-order valence-corrected chi connectivity index (χ3v) is 3.09. The van der Waals surface area contributed by atoms with E-state index in [2.05, 4.69) is 0 Å². The zero-order chi connectivity index (χ0) is 15.3. The monoisotopic (exact) mass is 281 g/mol. The first-order chi connectivity index (χ1) is 9.32. The molecule has 0 aromatic heterocycles. The summed E-state index contributed by atoms with van der Waals surface area (Å²) in [6, 6.07) is 6.70. The zero-order valence-corrected chi connectivity index (χ0v) is 12.9. The van der Waals surface area contributed by atoms with Crippen molar-refractivity contribution in [2.24, 2.45) is 0 Å². The van der Waals surface area contributed by atoms with Crippen molar-refractivity contribution in [1.82, 2.24) is 4.90 Å². The van der Waals surface area contributed by atoms with Gasteiger partial charge in [-0.2, -0.15) is 0 Å². The minimum absolute atomic E-state index is 0.0724. The standard InChI is InChI=1S/C16H24FNO2/c1-11(2)18(12(3)4)16(19)20-13(5)10-14-8-6-7-9-15(14)17/h6-9,11-13H,10H2,1-5H3. The summed E-state index contributed by atoms with van der Waals surface area (Å²) < 4.78 is 19.0. The number of hydrogen-bond donors (Lipinski definition) is 0. The van der Waals surface area contributed by atoms with E-state index in [9.17, 15) is 9.18 Å². The Hall–Kier alpha value is -1.58. The second kappa shape index (κ2) is 7.27. The molecule has 0 aliphatic heterocycles. The van der Waals surface area contributed by atoms with Gasteiger partial charge in [-0.3, -0.25) is 0 Å². The summed E-state index contributed by atoms with van der Waals surface area (Å²) in [5.74, 6) is -0.264. The number of benzene rings is 1. The number of carbonyl (C=O) groups excluding carboxylic acids is 1. The molecular formula is C16H24FNO2. The highest BCUT2D eigenvalue weighted by molar-refractivity contribution is 5.68. The lowest BCUT2D eigenvalue weighted by Gasteiger charge is -2.31. The van der Waals surface area contributed by atoms with Crippen molar-refractivity contribution < 1.29 is 13.9 Å². The quantitative estimate of drug-likeness (QED) is 0.816. The Morgan fingerprint density at radius 3 is 2.20 bits per heavy atom. The summed E-state index contributed by atoms with van der Waals surface area (Å²) >= 11 is 0. The SMILES string of the molecule is CC(Cc1ccccc1F)OC(=O)N(C(C)C)C(C)C. The Morgan fingerprint density at radius 2 is 1.70 bits per heavy atom. The van der Waals surface area contributed by atoms with Gasteiger partial charge in [0.25, 0.3) is 0 Å². The van der Waals surface area contributed by atoms with Gasteiger partial charge < -0.3 is 9.64 Å². The molecule has 0 fully saturated rings. The molecule has 0 N–H and O–H groups in total. The molecule has 1 amide bonds. The minimum atomic E-state index is -0.362. The third kappa shape index (κ3) is 4.51. The van der Waals surface area contributed by atoms with Crippen LogP contribution in [0, 0.1) is 5.82 Å². The van der Waals surface area contributed by atoms with E-state index in [-0.39, 0.29) is 30.1 Å². The Labute approximate surface area is 120 Å². The molecule has 0 aliphatic carbocycles. The molecule has 0 radical (unpaired) electrons. The fourth-order valence-electron chi connectivity index (χ4n) is 2.27. The van der Waals surface area contributed by atoms with Crippen molar-refractivity contribution in [3.05, 3.63) is 35.6 Å².